The van der Waals surface area contributed by atoms with Crippen LogP contribution in [-0.2, 0) is 24.9 Å². The Bertz CT molecular complexity index is 1330. The molecule has 4 aromatic rings. The summed E-state index contributed by atoms with van der Waals surface area (Å²) in [6, 6.07) is 18.5. The lowest BCUT2D eigenvalue weighted by Crippen LogP contribution is -2.48. The molecule has 2 aromatic carbocycles. The molecule has 7 heteroatoms. The number of amides is 1. The van der Waals surface area contributed by atoms with E-state index in [0.29, 0.717) is 24.9 Å². The van der Waals surface area contributed by atoms with Crippen LogP contribution in [-0.4, -0.2) is 56.2 Å². The number of benzene rings is 2. The maximum absolute atomic E-state index is 12.9. The van der Waals surface area contributed by atoms with Crippen LogP contribution in [0.1, 0.15) is 18.4 Å². The molecule has 1 fully saturated rings. The number of aryl methyl sites for hydroxylation is 2. The third kappa shape index (κ3) is 4.28. The van der Waals surface area contributed by atoms with Crippen LogP contribution < -0.4 is 5.56 Å². The van der Waals surface area contributed by atoms with Crippen LogP contribution in [0.2, 0.25) is 0 Å². The van der Waals surface area contributed by atoms with Gasteiger partial charge in [-0.1, -0.05) is 48.5 Å². The Morgan fingerprint density at radius 2 is 1.67 bits per heavy atom. The number of rotatable bonds is 6. The molecule has 0 saturated carbocycles. The summed E-state index contributed by atoms with van der Waals surface area (Å²) in [6.45, 7) is 4.90. The van der Waals surface area contributed by atoms with Crippen molar-refractivity contribution in [3.63, 3.8) is 0 Å². The molecule has 1 aliphatic heterocycles. The van der Waals surface area contributed by atoms with Crippen LogP contribution in [0.15, 0.2) is 65.6 Å². The average molecular weight is 444 g/mol. The Labute approximate surface area is 192 Å². The van der Waals surface area contributed by atoms with E-state index in [-0.39, 0.29) is 11.5 Å². The third-order valence-corrected chi connectivity index (χ3v) is 6.61. The summed E-state index contributed by atoms with van der Waals surface area (Å²) in [6.07, 6.45) is 2.94. The standard InChI is InChI=1S/C26H29N5O2/c1-28-26(33)25-22(18-27-28)21-10-5-6-11-23(21)31(25)13-7-12-24(32)30-16-14-29(15-17-30)19-20-8-3-2-4-9-20/h2-6,8-11,18H,7,12-17,19H2,1H3. The molecule has 2 aromatic heterocycles. The monoisotopic (exact) mass is 443 g/mol. The van der Waals surface area contributed by atoms with Gasteiger partial charge in [0.05, 0.1) is 6.20 Å². The molecule has 1 aliphatic rings. The van der Waals surface area contributed by atoms with Crippen LogP contribution in [0.5, 0.6) is 0 Å². The van der Waals surface area contributed by atoms with Crippen molar-refractivity contribution >= 4 is 27.7 Å². The van der Waals surface area contributed by atoms with E-state index in [0.717, 1.165) is 49.0 Å². The molecule has 1 saturated heterocycles. The van der Waals surface area contributed by atoms with E-state index in [1.165, 1.54) is 10.2 Å². The molecule has 0 spiro atoms. The summed E-state index contributed by atoms with van der Waals surface area (Å²) in [5.74, 6) is 0.199. The van der Waals surface area contributed by atoms with Crippen LogP contribution in [0.4, 0.5) is 0 Å². The molecule has 3 heterocycles. The largest absolute Gasteiger partial charge is 0.340 e. The zero-order valence-corrected chi connectivity index (χ0v) is 19.0. The number of nitrogens with zero attached hydrogens (tertiary/aromatic N) is 5. The van der Waals surface area contributed by atoms with Crippen molar-refractivity contribution in [2.24, 2.45) is 7.05 Å². The number of aromatic nitrogens is 3. The predicted molar refractivity (Wildman–Crippen MR) is 130 cm³/mol. The summed E-state index contributed by atoms with van der Waals surface area (Å²) < 4.78 is 3.43. The number of para-hydroxylation sites is 1. The fourth-order valence-corrected chi connectivity index (χ4v) is 4.82. The van der Waals surface area contributed by atoms with Gasteiger partial charge in [0, 0.05) is 69.0 Å². The molecule has 0 N–H and O–H groups in total. The van der Waals surface area contributed by atoms with E-state index in [2.05, 4.69) is 38.8 Å². The second-order valence-electron chi connectivity index (χ2n) is 8.75. The van der Waals surface area contributed by atoms with E-state index in [9.17, 15) is 9.59 Å². The molecule has 0 atom stereocenters. The molecule has 0 unspecified atom stereocenters. The molecular weight excluding hydrogens is 414 g/mol. The molecule has 7 nitrogen and oxygen atoms in total. The topological polar surface area (TPSA) is 63.4 Å². The quantitative estimate of drug-likeness (QED) is 0.460. The SMILES string of the molecule is Cn1ncc2c3ccccc3n(CCCC(=O)N3CCN(Cc4ccccc4)CC3)c2c1=O. The lowest BCUT2D eigenvalue weighted by atomic mass is 10.2. The fourth-order valence-electron chi connectivity index (χ4n) is 4.82. The number of fused-ring (bicyclic) bond motifs is 3. The number of hydrogen-bond donors (Lipinski definition) is 0. The third-order valence-electron chi connectivity index (χ3n) is 6.61. The summed E-state index contributed by atoms with van der Waals surface area (Å²) in [7, 11) is 1.67. The van der Waals surface area contributed by atoms with Gasteiger partial charge in [-0.05, 0) is 18.1 Å². The van der Waals surface area contributed by atoms with E-state index >= 15 is 0 Å². The highest BCUT2D eigenvalue weighted by Crippen LogP contribution is 2.26. The number of piperazine rings is 1. The molecule has 0 bridgehead atoms. The lowest BCUT2D eigenvalue weighted by Gasteiger charge is -2.34. The molecular formula is C26H29N5O2. The van der Waals surface area contributed by atoms with Gasteiger partial charge in [-0.2, -0.15) is 5.10 Å². The summed E-state index contributed by atoms with van der Waals surface area (Å²) >= 11 is 0. The Morgan fingerprint density at radius 1 is 0.939 bits per heavy atom. The van der Waals surface area contributed by atoms with Crippen molar-refractivity contribution in [2.45, 2.75) is 25.9 Å². The van der Waals surface area contributed by atoms with Gasteiger partial charge in [0.25, 0.3) is 5.56 Å². The van der Waals surface area contributed by atoms with Gasteiger partial charge in [0.15, 0.2) is 0 Å². The van der Waals surface area contributed by atoms with Gasteiger partial charge in [-0.3, -0.25) is 14.5 Å². The first-order chi connectivity index (χ1) is 16.1. The van der Waals surface area contributed by atoms with Crippen LogP contribution in [0.3, 0.4) is 0 Å². The van der Waals surface area contributed by atoms with Crippen LogP contribution in [0, 0.1) is 0 Å². The normalized spacial score (nSPS) is 14.9. The Morgan fingerprint density at radius 3 is 2.45 bits per heavy atom. The highest BCUT2D eigenvalue weighted by atomic mass is 16.2. The van der Waals surface area contributed by atoms with Crippen molar-refractivity contribution in [3.8, 4) is 0 Å². The second-order valence-corrected chi connectivity index (χ2v) is 8.75. The molecule has 33 heavy (non-hydrogen) atoms. The lowest BCUT2D eigenvalue weighted by molar-refractivity contribution is -0.133. The minimum absolute atomic E-state index is 0.107. The van der Waals surface area contributed by atoms with Crippen LogP contribution >= 0.6 is 0 Å². The average Bonchev–Trinajstić information content (AvgIpc) is 3.17. The Balaban J connectivity index is 1.22. The van der Waals surface area contributed by atoms with E-state index in [1.807, 2.05) is 35.2 Å². The van der Waals surface area contributed by atoms with E-state index in [4.69, 9.17) is 0 Å². The molecule has 5 rings (SSSR count). The van der Waals surface area contributed by atoms with Crippen LogP contribution in [0.25, 0.3) is 21.8 Å². The van der Waals surface area contributed by atoms with Crippen molar-refractivity contribution in [1.82, 2.24) is 24.1 Å². The zero-order valence-electron chi connectivity index (χ0n) is 19.0. The summed E-state index contributed by atoms with van der Waals surface area (Å²) in [5, 5.41) is 6.09. The molecule has 170 valence electrons. The number of carbonyl (C=O) groups is 1. The second kappa shape index (κ2) is 9.19. The van der Waals surface area contributed by atoms with Gasteiger partial charge in [-0.15, -0.1) is 0 Å². The van der Waals surface area contributed by atoms with Crippen molar-refractivity contribution in [3.05, 3.63) is 76.7 Å². The van der Waals surface area contributed by atoms with Crippen molar-refractivity contribution in [2.75, 3.05) is 26.2 Å². The van der Waals surface area contributed by atoms with Crippen molar-refractivity contribution in [1.29, 1.82) is 0 Å². The van der Waals surface area contributed by atoms with Gasteiger partial charge >= 0.3 is 0 Å². The van der Waals surface area contributed by atoms with Crippen molar-refractivity contribution < 1.29 is 4.79 Å². The Hall–Kier alpha value is -3.45. The minimum Gasteiger partial charge on any atom is -0.340 e. The summed E-state index contributed by atoms with van der Waals surface area (Å²) in [5.41, 5.74) is 2.88. The molecule has 0 radical (unpaired) electrons. The van der Waals surface area contributed by atoms with Gasteiger partial charge in [-0.25, -0.2) is 4.68 Å². The summed E-state index contributed by atoms with van der Waals surface area (Å²) in [4.78, 5) is 30.1. The molecule has 0 aliphatic carbocycles. The molecule has 1 amide bonds. The maximum atomic E-state index is 12.9. The first-order valence-corrected chi connectivity index (χ1v) is 11.6. The number of carbonyl (C=O) groups excluding carboxylic acids is 1. The first-order valence-electron chi connectivity index (χ1n) is 11.6. The van der Waals surface area contributed by atoms with Gasteiger partial charge in [0.1, 0.15) is 5.52 Å². The maximum Gasteiger partial charge on any atom is 0.291 e. The highest BCUT2D eigenvalue weighted by molar-refractivity contribution is 6.07. The predicted octanol–water partition coefficient (Wildman–Crippen LogP) is 3.01. The van der Waals surface area contributed by atoms with Gasteiger partial charge < -0.3 is 9.47 Å². The fraction of sp³-hybridized carbons (Fsp3) is 0.346. The van der Waals surface area contributed by atoms with E-state index in [1.54, 1.807) is 13.2 Å². The van der Waals surface area contributed by atoms with Gasteiger partial charge in [0.2, 0.25) is 5.91 Å². The minimum atomic E-state index is -0.107. The smallest absolute Gasteiger partial charge is 0.291 e. The zero-order chi connectivity index (χ0) is 22.8. The highest BCUT2D eigenvalue weighted by Gasteiger charge is 2.21. The first kappa shape index (κ1) is 21.4. The Kier molecular flexibility index (Phi) is 5.96. The van der Waals surface area contributed by atoms with E-state index < -0.39 is 0 Å². The number of hydrogen-bond acceptors (Lipinski definition) is 4.